The van der Waals surface area contributed by atoms with Crippen LogP contribution >= 0.6 is 0 Å². The fraction of sp³-hybridized carbons (Fsp3) is 0.690. The lowest BCUT2D eigenvalue weighted by Crippen LogP contribution is -2.48. The van der Waals surface area contributed by atoms with E-state index in [0.29, 0.717) is 45.3 Å². The molecule has 0 heterocycles. The molecule has 2 atom stereocenters. The quantitative estimate of drug-likeness (QED) is 0.0843. The largest absolute Gasteiger partial charge is 0.508 e. The number of carbonyl (C=O) groups excluding carboxylic acids is 3. The van der Waals surface area contributed by atoms with Crippen molar-refractivity contribution in [2.45, 2.75) is 83.2 Å². The Morgan fingerprint density at radius 3 is 1.95 bits per heavy atom. The van der Waals surface area contributed by atoms with E-state index in [1.165, 1.54) is 0 Å². The molecule has 0 spiro atoms. The van der Waals surface area contributed by atoms with E-state index in [9.17, 15) is 19.5 Å². The first-order valence-corrected chi connectivity index (χ1v) is 14.9. The predicted octanol–water partition coefficient (Wildman–Crippen LogP) is 0.648. The smallest absolute Gasteiger partial charge is 0.242 e. The number of hydrogen-bond donors (Lipinski definition) is 8. The van der Waals surface area contributed by atoms with Crippen molar-refractivity contribution in [1.29, 1.82) is 0 Å². The standard InChI is InChI=1S/C29H53N7O4/c1-2-9-27(38)36-26(22-23-11-13-24(37)14-12-23)29(40)35-21-8-19-33-17-6-5-16-32-18-7-20-34-28(39)25(31)10-3-4-15-30/h11-14,25-26,32-33,37H,2-10,15-22,30-31H2,1H3,(H,34,39)(H,35,40)(H,36,38)/t25-,26-/m0/s1. The highest BCUT2D eigenvalue weighted by molar-refractivity contribution is 5.87. The van der Waals surface area contributed by atoms with E-state index in [2.05, 4.69) is 26.6 Å². The average molecular weight is 564 g/mol. The summed E-state index contributed by atoms with van der Waals surface area (Å²) in [6.07, 6.45) is 7.66. The molecule has 10 N–H and O–H groups in total. The highest BCUT2D eigenvalue weighted by Gasteiger charge is 2.20. The maximum absolute atomic E-state index is 12.7. The molecule has 0 saturated carbocycles. The first-order chi connectivity index (χ1) is 19.4. The van der Waals surface area contributed by atoms with Gasteiger partial charge >= 0.3 is 0 Å². The van der Waals surface area contributed by atoms with Crippen LogP contribution in [0.15, 0.2) is 24.3 Å². The molecule has 0 saturated heterocycles. The molecule has 228 valence electrons. The van der Waals surface area contributed by atoms with Crippen molar-refractivity contribution in [2.75, 3.05) is 45.8 Å². The molecule has 1 rings (SSSR count). The lowest BCUT2D eigenvalue weighted by atomic mass is 10.0. The first kappa shape index (κ1) is 35.3. The van der Waals surface area contributed by atoms with Gasteiger partial charge in [0.25, 0.3) is 0 Å². The number of hydrogen-bond acceptors (Lipinski definition) is 8. The van der Waals surface area contributed by atoms with Crippen LogP contribution in [0.1, 0.15) is 70.3 Å². The number of unbranched alkanes of at least 4 members (excludes halogenated alkanes) is 2. The number of aromatic hydroxyl groups is 1. The third-order valence-electron chi connectivity index (χ3n) is 6.43. The van der Waals surface area contributed by atoms with Crippen molar-refractivity contribution < 1.29 is 19.5 Å². The van der Waals surface area contributed by atoms with Crippen LogP contribution in [-0.2, 0) is 20.8 Å². The molecule has 11 nitrogen and oxygen atoms in total. The third kappa shape index (κ3) is 17.8. The summed E-state index contributed by atoms with van der Waals surface area (Å²) in [5.74, 6) is -0.264. The fourth-order valence-electron chi connectivity index (χ4n) is 4.06. The Hall–Kier alpha value is -2.73. The monoisotopic (exact) mass is 563 g/mol. The summed E-state index contributed by atoms with van der Waals surface area (Å²) in [5.41, 5.74) is 12.2. The SMILES string of the molecule is CCCC(=O)N[C@@H](Cc1ccc(O)cc1)C(=O)NCCCNCCCCNCCCNC(=O)[C@@H](N)CCCCN. The van der Waals surface area contributed by atoms with E-state index in [-0.39, 0.29) is 23.5 Å². The van der Waals surface area contributed by atoms with Crippen molar-refractivity contribution in [3.05, 3.63) is 29.8 Å². The van der Waals surface area contributed by atoms with Crippen molar-refractivity contribution in [3.63, 3.8) is 0 Å². The van der Waals surface area contributed by atoms with E-state index < -0.39 is 12.1 Å². The number of nitrogens with one attached hydrogen (secondary N) is 5. The van der Waals surface area contributed by atoms with Gasteiger partial charge in [-0.15, -0.1) is 0 Å². The number of nitrogens with two attached hydrogens (primary N) is 2. The number of rotatable bonds is 24. The molecule has 1 aromatic rings. The fourth-order valence-corrected chi connectivity index (χ4v) is 4.06. The molecule has 40 heavy (non-hydrogen) atoms. The Labute approximate surface area is 240 Å². The van der Waals surface area contributed by atoms with Crippen LogP contribution in [0.2, 0.25) is 0 Å². The summed E-state index contributed by atoms with van der Waals surface area (Å²) in [6.45, 7) is 7.18. The van der Waals surface area contributed by atoms with Gasteiger partial charge in [0, 0.05) is 25.9 Å². The maximum Gasteiger partial charge on any atom is 0.242 e. The molecule has 3 amide bonds. The van der Waals surface area contributed by atoms with Crippen LogP contribution in [0.3, 0.4) is 0 Å². The van der Waals surface area contributed by atoms with E-state index in [1.54, 1.807) is 24.3 Å². The second kappa shape index (κ2) is 23.0. The molecule has 0 bridgehead atoms. The van der Waals surface area contributed by atoms with Gasteiger partial charge in [-0.05, 0) is 95.4 Å². The Bertz CT molecular complexity index is 823. The van der Waals surface area contributed by atoms with Gasteiger partial charge in [-0.25, -0.2) is 0 Å². The molecule has 0 aliphatic rings. The number of benzene rings is 1. The summed E-state index contributed by atoms with van der Waals surface area (Å²) in [4.78, 5) is 36.7. The summed E-state index contributed by atoms with van der Waals surface area (Å²) in [7, 11) is 0. The van der Waals surface area contributed by atoms with Crippen LogP contribution in [0.25, 0.3) is 0 Å². The van der Waals surface area contributed by atoms with E-state index in [4.69, 9.17) is 11.5 Å². The molecule has 0 aromatic heterocycles. The minimum atomic E-state index is -0.649. The first-order valence-electron chi connectivity index (χ1n) is 14.9. The predicted molar refractivity (Wildman–Crippen MR) is 160 cm³/mol. The molecule has 11 heteroatoms. The van der Waals surface area contributed by atoms with Gasteiger partial charge in [0.15, 0.2) is 0 Å². The van der Waals surface area contributed by atoms with Crippen molar-refractivity contribution in [2.24, 2.45) is 11.5 Å². The minimum absolute atomic E-state index is 0.0877. The Morgan fingerprint density at radius 2 is 1.38 bits per heavy atom. The second-order valence-electron chi connectivity index (χ2n) is 10.1. The van der Waals surface area contributed by atoms with Crippen molar-refractivity contribution in [1.82, 2.24) is 26.6 Å². The lowest BCUT2D eigenvalue weighted by Gasteiger charge is -2.19. The van der Waals surface area contributed by atoms with Gasteiger partial charge in [0.05, 0.1) is 6.04 Å². The second-order valence-corrected chi connectivity index (χ2v) is 10.1. The molecular formula is C29H53N7O4. The molecule has 0 fully saturated rings. The van der Waals surface area contributed by atoms with Crippen LogP contribution in [-0.4, -0.2) is 80.7 Å². The topological polar surface area (TPSA) is 184 Å². The van der Waals surface area contributed by atoms with Crippen molar-refractivity contribution >= 4 is 17.7 Å². The summed E-state index contributed by atoms with van der Waals surface area (Å²) >= 11 is 0. The lowest BCUT2D eigenvalue weighted by molar-refractivity contribution is -0.129. The van der Waals surface area contributed by atoms with Gasteiger partial charge in [-0.3, -0.25) is 14.4 Å². The van der Waals surface area contributed by atoms with Gasteiger partial charge in [-0.1, -0.05) is 25.5 Å². The third-order valence-corrected chi connectivity index (χ3v) is 6.43. The van der Waals surface area contributed by atoms with E-state index in [0.717, 1.165) is 70.3 Å². The summed E-state index contributed by atoms with van der Waals surface area (Å²) < 4.78 is 0. The van der Waals surface area contributed by atoms with Crippen LogP contribution in [0.4, 0.5) is 0 Å². The number of phenols is 1. The Balaban J connectivity index is 2.07. The maximum atomic E-state index is 12.7. The number of amides is 3. The molecule has 0 aliphatic heterocycles. The molecular weight excluding hydrogens is 510 g/mol. The normalized spacial score (nSPS) is 12.5. The molecule has 0 aliphatic carbocycles. The minimum Gasteiger partial charge on any atom is -0.508 e. The molecule has 0 radical (unpaired) electrons. The van der Waals surface area contributed by atoms with E-state index in [1.807, 2.05) is 6.92 Å². The zero-order valence-electron chi connectivity index (χ0n) is 24.3. The highest BCUT2D eigenvalue weighted by atomic mass is 16.3. The number of phenolic OH excluding ortho intramolecular Hbond substituents is 1. The Kier molecular flexibility index (Phi) is 20.3. The number of carbonyl (C=O) groups is 3. The van der Waals surface area contributed by atoms with Crippen LogP contribution in [0.5, 0.6) is 5.75 Å². The van der Waals surface area contributed by atoms with Gasteiger partial charge in [-0.2, -0.15) is 0 Å². The van der Waals surface area contributed by atoms with Gasteiger partial charge < -0.3 is 43.2 Å². The van der Waals surface area contributed by atoms with Gasteiger partial charge in [0.1, 0.15) is 11.8 Å². The van der Waals surface area contributed by atoms with Crippen LogP contribution in [0, 0.1) is 0 Å². The zero-order chi connectivity index (χ0) is 29.4. The zero-order valence-corrected chi connectivity index (χ0v) is 24.3. The van der Waals surface area contributed by atoms with E-state index >= 15 is 0 Å². The molecule has 1 aromatic carbocycles. The summed E-state index contributed by atoms with van der Waals surface area (Å²) in [5, 5.41) is 24.9. The molecule has 0 unspecified atom stereocenters. The Morgan fingerprint density at radius 1 is 0.800 bits per heavy atom. The summed E-state index contributed by atoms with van der Waals surface area (Å²) in [6, 6.07) is 5.56. The average Bonchev–Trinajstić information content (AvgIpc) is 2.93. The van der Waals surface area contributed by atoms with Gasteiger partial charge in [0.2, 0.25) is 17.7 Å². The van der Waals surface area contributed by atoms with Crippen molar-refractivity contribution in [3.8, 4) is 5.75 Å². The highest BCUT2D eigenvalue weighted by Crippen LogP contribution is 2.11. The van der Waals surface area contributed by atoms with Crippen LogP contribution < -0.4 is 38.1 Å².